The van der Waals surface area contributed by atoms with E-state index in [0.29, 0.717) is 18.9 Å². The Balaban J connectivity index is 3.46. The number of halogens is 5. The molecule has 0 atom stereocenters. The molecule has 0 radical (unpaired) electrons. The largest absolute Gasteiger partial charge is 0.616 e. The van der Waals surface area contributed by atoms with Crippen molar-refractivity contribution in [2.24, 2.45) is 0 Å². The smallest absolute Gasteiger partial charge is 0.238 e. The highest BCUT2D eigenvalue weighted by atomic mass is 28.5. The molecule has 0 bridgehead atoms. The lowest BCUT2D eigenvalue weighted by molar-refractivity contribution is 0.0794. The number of rotatable bonds is 8. The summed E-state index contributed by atoms with van der Waals surface area (Å²) in [6.45, 7) is 1.69. The highest BCUT2D eigenvalue weighted by Crippen LogP contribution is 2.22. The van der Waals surface area contributed by atoms with Crippen molar-refractivity contribution >= 4 is 18.6 Å². The zero-order chi connectivity index (χ0) is 11.9. The monoisotopic (exact) mass is 264 g/mol. The number of unbranched alkanes of at least 4 members (excludes halogenated alkanes) is 1. The van der Waals surface area contributed by atoms with Gasteiger partial charge in [-0.15, -0.1) is 0 Å². The Kier molecular flexibility index (Phi) is 6.66. The second kappa shape index (κ2) is 6.62. The molecule has 0 aliphatic carbocycles. The van der Waals surface area contributed by atoms with Crippen LogP contribution in [0.4, 0.5) is 21.1 Å². The fourth-order valence-corrected chi connectivity index (χ4v) is 3.75. The third-order valence-electron chi connectivity index (χ3n) is 2.12. The van der Waals surface area contributed by atoms with E-state index in [0.717, 1.165) is 0 Å². The van der Waals surface area contributed by atoms with Gasteiger partial charge in [-0.1, -0.05) is 25.8 Å². The molecule has 0 aromatic heterocycles. The van der Waals surface area contributed by atoms with Gasteiger partial charge in [-0.2, -0.15) is 0 Å². The van der Waals surface area contributed by atoms with Gasteiger partial charge in [0, 0.05) is 12.5 Å². The molecule has 0 nitrogen and oxygen atoms in total. The summed E-state index contributed by atoms with van der Waals surface area (Å²) in [6.07, 6.45) is 0.700. The molecule has 15 heavy (non-hydrogen) atoms. The highest BCUT2D eigenvalue weighted by molar-refractivity contribution is 6.58. The van der Waals surface area contributed by atoms with Crippen LogP contribution in [0.25, 0.3) is 0 Å². The first-order valence-corrected chi connectivity index (χ1v) is 8.76. The normalized spacial score (nSPS) is 14.0. The predicted molar refractivity (Wildman–Crippen MR) is 56.3 cm³/mol. The Morgan fingerprint density at radius 3 is 2.20 bits per heavy atom. The van der Waals surface area contributed by atoms with Crippen molar-refractivity contribution in [2.45, 2.75) is 50.2 Å². The fourth-order valence-electron chi connectivity index (χ4n) is 1.38. The van der Waals surface area contributed by atoms with Crippen molar-refractivity contribution in [1.82, 2.24) is 0 Å². The van der Waals surface area contributed by atoms with Gasteiger partial charge in [0.2, 0.25) is 5.55 Å². The Bertz CT molecular complexity index is 169. The Labute approximate surface area is 90.6 Å². The first-order valence-electron chi connectivity index (χ1n) is 5.21. The van der Waals surface area contributed by atoms with Gasteiger partial charge in [0.1, 0.15) is 9.52 Å². The summed E-state index contributed by atoms with van der Waals surface area (Å²) < 4.78 is 61.4. The van der Waals surface area contributed by atoms with Crippen LogP contribution in [-0.2, 0) is 0 Å². The molecule has 92 valence electrons. The lowest BCUT2D eigenvalue weighted by Crippen LogP contribution is -2.24. The second-order valence-electron chi connectivity index (χ2n) is 3.78. The maximum Gasteiger partial charge on any atom is 0.616 e. The Hall–Kier alpha value is 0.0838. The molecule has 7 heteroatoms. The van der Waals surface area contributed by atoms with Gasteiger partial charge in [0.15, 0.2) is 0 Å². The SMILES string of the molecule is CCCC(F)(F)[SiH2]CCCC[Si](F)(F)F. The molecule has 0 aliphatic rings. The Morgan fingerprint density at radius 2 is 1.73 bits per heavy atom. The topological polar surface area (TPSA) is 0 Å². The lowest BCUT2D eigenvalue weighted by Gasteiger charge is -2.14. The second-order valence-corrected chi connectivity index (χ2v) is 7.75. The van der Waals surface area contributed by atoms with Crippen molar-refractivity contribution in [1.29, 1.82) is 0 Å². The Morgan fingerprint density at radius 1 is 1.13 bits per heavy atom. The van der Waals surface area contributed by atoms with E-state index in [-0.39, 0.29) is 12.8 Å². The van der Waals surface area contributed by atoms with Gasteiger partial charge < -0.3 is 0 Å². The summed E-state index contributed by atoms with van der Waals surface area (Å²) in [5.41, 5.74) is -2.55. The summed E-state index contributed by atoms with van der Waals surface area (Å²) in [6, 6.07) is -0.377. The van der Waals surface area contributed by atoms with Gasteiger partial charge >= 0.3 is 9.08 Å². The average Bonchev–Trinajstić information content (AvgIpc) is 2.00. The molecule has 0 aromatic rings. The maximum absolute atomic E-state index is 12.9. The van der Waals surface area contributed by atoms with Gasteiger partial charge in [0.05, 0.1) is 0 Å². The molecule has 0 aromatic carbocycles. The summed E-state index contributed by atoms with van der Waals surface area (Å²) >= 11 is 0. The van der Waals surface area contributed by atoms with Gasteiger partial charge in [-0.25, -0.2) is 21.1 Å². The van der Waals surface area contributed by atoms with Gasteiger partial charge in [-0.05, 0) is 6.42 Å². The summed E-state index contributed by atoms with van der Waals surface area (Å²) in [5, 5.41) is 0. The van der Waals surface area contributed by atoms with Crippen LogP contribution < -0.4 is 0 Å². The highest BCUT2D eigenvalue weighted by Gasteiger charge is 2.35. The minimum atomic E-state index is -5.44. The van der Waals surface area contributed by atoms with Crippen LogP contribution in [0.5, 0.6) is 0 Å². The van der Waals surface area contributed by atoms with E-state index in [4.69, 9.17) is 0 Å². The van der Waals surface area contributed by atoms with Crippen LogP contribution in [0.1, 0.15) is 32.6 Å². The van der Waals surface area contributed by atoms with E-state index in [9.17, 15) is 21.1 Å². The van der Waals surface area contributed by atoms with E-state index in [1.807, 2.05) is 0 Å². The van der Waals surface area contributed by atoms with Gasteiger partial charge in [0.25, 0.3) is 0 Å². The van der Waals surface area contributed by atoms with Crippen LogP contribution in [0.3, 0.4) is 0 Å². The van der Waals surface area contributed by atoms with Gasteiger partial charge in [-0.3, -0.25) is 0 Å². The van der Waals surface area contributed by atoms with E-state index in [1.54, 1.807) is 6.92 Å². The zero-order valence-electron chi connectivity index (χ0n) is 8.84. The molecule has 0 saturated carbocycles. The van der Waals surface area contributed by atoms with Crippen molar-refractivity contribution in [3.63, 3.8) is 0 Å². The lowest BCUT2D eigenvalue weighted by atomic mass is 10.3. The molecular formula is C8H17F5Si2. The minimum Gasteiger partial charge on any atom is -0.238 e. The maximum atomic E-state index is 12.9. The molecule has 0 unspecified atom stereocenters. The van der Waals surface area contributed by atoms with Crippen molar-refractivity contribution in [2.75, 3.05) is 0 Å². The standard InChI is InChI=1S/C8H17F5Si2/c1-2-5-8(9,10)14-6-3-4-7-15(11,12)13/h2-7,14H2,1H3. The molecule has 0 amide bonds. The summed E-state index contributed by atoms with van der Waals surface area (Å²) in [5.74, 6) is 0. The molecule has 0 heterocycles. The third kappa shape index (κ3) is 10.4. The quantitative estimate of drug-likeness (QED) is 0.272. The molecule has 0 saturated heterocycles. The van der Waals surface area contributed by atoms with E-state index >= 15 is 0 Å². The molecule has 0 rings (SSSR count). The van der Waals surface area contributed by atoms with Crippen LogP contribution in [0.15, 0.2) is 0 Å². The van der Waals surface area contributed by atoms with Crippen molar-refractivity contribution in [3.05, 3.63) is 0 Å². The number of hydrogen-bond donors (Lipinski definition) is 0. The number of alkyl halides is 2. The van der Waals surface area contributed by atoms with E-state index in [2.05, 4.69) is 0 Å². The van der Waals surface area contributed by atoms with Crippen LogP contribution >= 0.6 is 0 Å². The minimum absolute atomic E-state index is 0.0466. The van der Waals surface area contributed by atoms with Crippen molar-refractivity contribution < 1.29 is 21.1 Å². The third-order valence-corrected chi connectivity index (χ3v) is 4.98. The van der Waals surface area contributed by atoms with E-state index in [1.165, 1.54) is 0 Å². The fraction of sp³-hybridized carbons (Fsp3) is 1.00. The average molecular weight is 264 g/mol. The summed E-state index contributed by atoms with van der Waals surface area (Å²) in [7, 11) is -6.96. The van der Waals surface area contributed by atoms with Crippen LogP contribution in [-0.4, -0.2) is 24.1 Å². The molecule has 0 fully saturated rings. The molecule has 0 N–H and O–H groups in total. The van der Waals surface area contributed by atoms with Crippen LogP contribution in [0.2, 0.25) is 12.1 Å². The molecule has 0 spiro atoms. The predicted octanol–water partition coefficient (Wildman–Crippen LogP) is 3.59. The van der Waals surface area contributed by atoms with E-state index < -0.39 is 30.2 Å². The number of hydrogen-bond acceptors (Lipinski definition) is 0. The molecule has 0 aliphatic heterocycles. The van der Waals surface area contributed by atoms with Crippen molar-refractivity contribution in [3.8, 4) is 0 Å². The first kappa shape index (κ1) is 15.1. The van der Waals surface area contributed by atoms with Crippen LogP contribution in [0, 0.1) is 0 Å². The zero-order valence-corrected chi connectivity index (χ0v) is 11.3. The molecular weight excluding hydrogens is 247 g/mol. The summed E-state index contributed by atoms with van der Waals surface area (Å²) in [4.78, 5) is 0. The first-order chi connectivity index (χ1) is 6.77.